The van der Waals surface area contributed by atoms with E-state index >= 15 is 0 Å². The number of allylic oxidation sites excluding steroid dienone is 1. The van der Waals surface area contributed by atoms with Crippen molar-refractivity contribution in [1.29, 1.82) is 0 Å². The highest BCUT2D eigenvalue weighted by molar-refractivity contribution is 8.15. The number of methoxy groups -OCH3 is 2. The summed E-state index contributed by atoms with van der Waals surface area (Å²) in [7, 11) is 3.11. The number of esters is 1. The minimum Gasteiger partial charge on any atom is -0.497 e. The predicted octanol–water partition coefficient (Wildman–Crippen LogP) is 2.53. The summed E-state index contributed by atoms with van der Waals surface area (Å²) >= 11 is 1.36. The summed E-state index contributed by atoms with van der Waals surface area (Å²) in [5, 5.41) is 0.579. The molecule has 8 heteroatoms. The van der Waals surface area contributed by atoms with Crippen LogP contribution in [0.3, 0.4) is 0 Å². The number of amidine groups is 1. The number of benzene rings is 1. The molecule has 26 heavy (non-hydrogen) atoms. The molecular weight excluding hydrogens is 356 g/mol. The lowest BCUT2D eigenvalue weighted by Crippen LogP contribution is -2.39. The summed E-state index contributed by atoms with van der Waals surface area (Å²) in [5.41, 5.74) is 1.52. The van der Waals surface area contributed by atoms with Crippen molar-refractivity contribution in [1.82, 2.24) is 4.90 Å². The smallest absolute Gasteiger partial charge is 0.338 e. The highest BCUT2D eigenvalue weighted by Crippen LogP contribution is 2.44. The van der Waals surface area contributed by atoms with Gasteiger partial charge in [0, 0.05) is 5.56 Å². The molecule has 0 N–H and O–H groups in total. The van der Waals surface area contributed by atoms with Gasteiger partial charge in [0.2, 0.25) is 5.91 Å². The van der Waals surface area contributed by atoms with Crippen LogP contribution in [0.1, 0.15) is 25.5 Å². The van der Waals surface area contributed by atoms with Crippen molar-refractivity contribution in [2.75, 3.05) is 26.6 Å². The van der Waals surface area contributed by atoms with E-state index < -0.39 is 12.0 Å². The second kappa shape index (κ2) is 7.41. The molecule has 3 rings (SSSR count). The number of hydrogen-bond donors (Lipinski definition) is 0. The first-order chi connectivity index (χ1) is 12.5. The number of carbonyl (C=O) groups excluding carboxylic acids is 2. The van der Waals surface area contributed by atoms with Gasteiger partial charge in [0.1, 0.15) is 17.5 Å². The van der Waals surface area contributed by atoms with E-state index in [0.717, 1.165) is 0 Å². The van der Waals surface area contributed by atoms with Gasteiger partial charge in [-0.05, 0) is 32.0 Å². The van der Waals surface area contributed by atoms with Crippen LogP contribution in [0.5, 0.6) is 11.5 Å². The second-order valence-corrected chi connectivity index (χ2v) is 6.62. The fraction of sp³-hybridized carbons (Fsp3) is 0.389. The minimum absolute atomic E-state index is 0.113. The average Bonchev–Trinajstić information content (AvgIpc) is 3.00. The summed E-state index contributed by atoms with van der Waals surface area (Å²) in [6.07, 6.45) is 0. The number of fused-ring (bicyclic) bond motifs is 1. The molecular formula is C18H20N2O5S. The van der Waals surface area contributed by atoms with Crippen LogP contribution in [-0.2, 0) is 14.3 Å². The van der Waals surface area contributed by atoms with Crippen LogP contribution in [0.4, 0.5) is 0 Å². The van der Waals surface area contributed by atoms with E-state index in [1.165, 1.54) is 11.8 Å². The summed E-state index contributed by atoms with van der Waals surface area (Å²) in [6, 6.07) is 4.62. The molecule has 2 heterocycles. The zero-order valence-corrected chi connectivity index (χ0v) is 15.9. The Morgan fingerprint density at radius 1 is 1.35 bits per heavy atom. The number of thioether (sulfide) groups is 1. The highest BCUT2D eigenvalue weighted by atomic mass is 32.2. The van der Waals surface area contributed by atoms with Gasteiger partial charge in [0.05, 0.1) is 37.8 Å². The number of ether oxygens (including phenoxy) is 3. The van der Waals surface area contributed by atoms with E-state index in [1.54, 1.807) is 51.2 Å². The number of nitrogens with zero attached hydrogens (tertiary/aromatic N) is 2. The maximum Gasteiger partial charge on any atom is 0.338 e. The standard InChI is InChI=1S/C18H20N2O5S/c1-5-25-17(22)15-10(2)19-18-20(14(21)9-26-18)16(15)12-8-11(23-3)6-7-13(12)24-4/h6-8,16H,5,9H2,1-4H3/t16-/m0/s1. The van der Waals surface area contributed by atoms with Gasteiger partial charge < -0.3 is 14.2 Å². The third kappa shape index (κ3) is 3.05. The Morgan fingerprint density at radius 3 is 2.77 bits per heavy atom. The Hall–Kier alpha value is -2.48. The van der Waals surface area contributed by atoms with E-state index in [4.69, 9.17) is 14.2 Å². The molecule has 1 saturated heterocycles. The quantitative estimate of drug-likeness (QED) is 0.735. The van der Waals surface area contributed by atoms with E-state index in [0.29, 0.717) is 33.5 Å². The molecule has 1 aromatic carbocycles. The largest absolute Gasteiger partial charge is 0.497 e. The van der Waals surface area contributed by atoms with Crippen LogP contribution >= 0.6 is 11.8 Å². The number of amides is 1. The van der Waals surface area contributed by atoms with Gasteiger partial charge >= 0.3 is 5.97 Å². The molecule has 7 nitrogen and oxygen atoms in total. The van der Waals surface area contributed by atoms with Gasteiger partial charge in [0.15, 0.2) is 5.17 Å². The molecule has 138 valence electrons. The van der Waals surface area contributed by atoms with Crippen molar-refractivity contribution in [3.63, 3.8) is 0 Å². The van der Waals surface area contributed by atoms with Crippen LogP contribution in [0.15, 0.2) is 34.5 Å². The molecule has 1 aromatic rings. The summed E-state index contributed by atoms with van der Waals surface area (Å²) in [4.78, 5) is 31.2. The van der Waals surface area contributed by atoms with Crippen LogP contribution in [0.25, 0.3) is 0 Å². The zero-order valence-electron chi connectivity index (χ0n) is 15.1. The van der Waals surface area contributed by atoms with Crippen LogP contribution in [0.2, 0.25) is 0 Å². The summed E-state index contributed by atoms with van der Waals surface area (Å²) in [5.74, 6) is 0.831. The summed E-state index contributed by atoms with van der Waals surface area (Å²) < 4.78 is 16.1. The number of rotatable bonds is 5. The molecule has 1 fully saturated rings. The minimum atomic E-state index is -0.672. The van der Waals surface area contributed by atoms with Crippen molar-refractivity contribution in [2.24, 2.45) is 4.99 Å². The van der Waals surface area contributed by atoms with Gasteiger partial charge in [0.25, 0.3) is 0 Å². The molecule has 1 amide bonds. The van der Waals surface area contributed by atoms with Gasteiger partial charge in [-0.1, -0.05) is 11.8 Å². The van der Waals surface area contributed by atoms with Crippen molar-refractivity contribution in [3.05, 3.63) is 35.0 Å². The van der Waals surface area contributed by atoms with Crippen LogP contribution in [-0.4, -0.2) is 48.5 Å². The molecule has 0 unspecified atom stereocenters. The summed E-state index contributed by atoms with van der Waals surface area (Å²) in [6.45, 7) is 3.72. The van der Waals surface area contributed by atoms with Crippen molar-refractivity contribution < 1.29 is 23.8 Å². The zero-order chi connectivity index (χ0) is 18.8. The third-order valence-corrected chi connectivity index (χ3v) is 5.15. The third-order valence-electron chi connectivity index (χ3n) is 4.21. The Balaban J connectivity index is 2.21. The molecule has 0 bridgehead atoms. The molecule has 0 spiro atoms. The van der Waals surface area contributed by atoms with Gasteiger partial charge in [-0.3, -0.25) is 9.69 Å². The fourth-order valence-electron chi connectivity index (χ4n) is 3.06. The fourth-order valence-corrected chi connectivity index (χ4v) is 4.00. The topological polar surface area (TPSA) is 77.4 Å². The van der Waals surface area contributed by atoms with E-state index in [9.17, 15) is 9.59 Å². The number of hydrogen-bond acceptors (Lipinski definition) is 7. The maximum atomic E-state index is 12.7. The number of carbonyl (C=O) groups is 2. The molecule has 0 saturated carbocycles. The SMILES string of the molecule is CCOC(=O)C1=C(C)N=C2SCC(=O)N2[C@H]1c1cc(OC)ccc1OC. The lowest BCUT2D eigenvalue weighted by Gasteiger charge is -2.33. The molecule has 1 atom stereocenters. The van der Waals surface area contributed by atoms with Gasteiger partial charge in [-0.15, -0.1) is 0 Å². The van der Waals surface area contributed by atoms with Gasteiger partial charge in [-0.2, -0.15) is 0 Å². The molecule has 0 radical (unpaired) electrons. The monoisotopic (exact) mass is 376 g/mol. The normalized spacial score (nSPS) is 19.2. The second-order valence-electron chi connectivity index (χ2n) is 5.68. The maximum absolute atomic E-state index is 12.7. The van der Waals surface area contributed by atoms with Crippen molar-refractivity contribution >= 4 is 28.8 Å². The lowest BCUT2D eigenvalue weighted by atomic mass is 9.93. The van der Waals surface area contributed by atoms with Crippen LogP contribution in [0, 0.1) is 0 Å². The van der Waals surface area contributed by atoms with E-state index in [-0.39, 0.29) is 18.3 Å². The lowest BCUT2D eigenvalue weighted by molar-refractivity contribution is -0.139. The number of aliphatic imine (C=N–C) groups is 1. The predicted molar refractivity (Wildman–Crippen MR) is 98.4 cm³/mol. The van der Waals surface area contributed by atoms with E-state index in [2.05, 4.69) is 4.99 Å². The molecule has 2 aliphatic rings. The Kier molecular flexibility index (Phi) is 5.22. The Labute approximate surface area is 156 Å². The first-order valence-corrected chi connectivity index (χ1v) is 9.13. The highest BCUT2D eigenvalue weighted by Gasteiger charge is 2.44. The Bertz CT molecular complexity index is 818. The van der Waals surface area contributed by atoms with E-state index in [1.807, 2.05) is 0 Å². The first-order valence-electron chi connectivity index (χ1n) is 8.15. The Morgan fingerprint density at radius 2 is 2.12 bits per heavy atom. The van der Waals surface area contributed by atoms with Crippen LogP contribution < -0.4 is 9.47 Å². The van der Waals surface area contributed by atoms with Crippen molar-refractivity contribution in [2.45, 2.75) is 19.9 Å². The molecule has 0 aromatic heterocycles. The molecule has 2 aliphatic heterocycles. The average molecular weight is 376 g/mol. The first kappa shape index (κ1) is 18.3. The van der Waals surface area contributed by atoms with Gasteiger partial charge in [-0.25, -0.2) is 9.79 Å². The van der Waals surface area contributed by atoms with Crippen molar-refractivity contribution in [3.8, 4) is 11.5 Å². The molecule has 0 aliphatic carbocycles.